The van der Waals surface area contributed by atoms with Crippen LogP contribution in [0.5, 0.6) is 0 Å². The maximum absolute atomic E-state index is 10.3. The molecule has 0 bridgehead atoms. The van der Waals surface area contributed by atoms with Crippen LogP contribution in [0.1, 0.15) is 39.9 Å². The molecule has 0 aliphatic rings. The quantitative estimate of drug-likeness (QED) is 0.759. The molecular formula is C13H25N3O. The topological polar surface area (TPSA) is 50.1 Å². The first-order valence-electron chi connectivity index (χ1n) is 6.40. The van der Waals surface area contributed by atoms with Crippen molar-refractivity contribution < 1.29 is 5.11 Å². The van der Waals surface area contributed by atoms with Gasteiger partial charge in [-0.15, -0.1) is 0 Å². The zero-order valence-electron chi connectivity index (χ0n) is 11.4. The monoisotopic (exact) mass is 239 g/mol. The van der Waals surface area contributed by atoms with Gasteiger partial charge in [0.25, 0.3) is 0 Å². The number of nitrogens with one attached hydrogen (secondary N) is 1. The van der Waals surface area contributed by atoms with E-state index in [1.807, 2.05) is 13.1 Å². The van der Waals surface area contributed by atoms with Crippen LogP contribution in [0.2, 0.25) is 0 Å². The molecule has 98 valence electrons. The lowest BCUT2D eigenvalue weighted by Gasteiger charge is -2.24. The number of nitrogens with zero attached hydrogens (tertiary/aromatic N) is 2. The van der Waals surface area contributed by atoms with Gasteiger partial charge in [-0.1, -0.05) is 13.8 Å². The molecule has 1 atom stereocenters. The van der Waals surface area contributed by atoms with Gasteiger partial charge in [0.1, 0.15) is 5.82 Å². The van der Waals surface area contributed by atoms with Crippen LogP contribution in [0.3, 0.4) is 0 Å². The molecule has 4 nitrogen and oxygen atoms in total. The van der Waals surface area contributed by atoms with Crippen LogP contribution in [0, 0.1) is 0 Å². The second-order valence-corrected chi connectivity index (χ2v) is 5.16. The Morgan fingerprint density at radius 1 is 1.53 bits per heavy atom. The number of imidazole rings is 1. The second-order valence-electron chi connectivity index (χ2n) is 5.16. The van der Waals surface area contributed by atoms with Gasteiger partial charge in [0, 0.05) is 31.4 Å². The van der Waals surface area contributed by atoms with Crippen molar-refractivity contribution in [3.8, 4) is 0 Å². The molecule has 1 aromatic rings. The van der Waals surface area contributed by atoms with Gasteiger partial charge in [-0.3, -0.25) is 0 Å². The van der Waals surface area contributed by atoms with E-state index in [2.05, 4.69) is 35.6 Å². The van der Waals surface area contributed by atoms with E-state index in [-0.39, 0.29) is 0 Å². The summed E-state index contributed by atoms with van der Waals surface area (Å²) in [4.78, 5) is 4.30. The van der Waals surface area contributed by atoms with Crippen molar-refractivity contribution >= 4 is 0 Å². The Balaban J connectivity index is 2.48. The third-order valence-corrected chi connectivity index (χ3v) is 2.90. The standard InChI is InChI=1S/C13H25N3O/c1-5-16-9-8-15-12(16)10-13(4,17)6-7-14-11(2)3/h8-9,11,14,17H,5-7,10H2,1-4H3. The SMILES string of the molecule is CCn1ccnc1CC(C)(O)CCNC(C)C. The predicted molar refractivity (Wildman–Crippen MR) is 70.0 cm³/mol. The molecule has 1 aromatic heterocycles. The van der Waals surface area contributed by atoms with Crippen LogP contribution in [0.25, 0.3) is 0 Å². The fourth-order valence-corrected chi connectivity index (χ4v) is 1.85. The molecule has 0 saturated heterocycles. The van der Waals surface area contributed by atoms with Crippen molar-refractivity contribution in [3.05, 3.63) is 18.2 Å². The Morgan fingerprint density at radius 3 is 2.82 bits per heavy atom. The summed E-state index contributed by atoms with van der Waals surface area (Å²) in [5.41, 5.74) is -0.694. The molecular weight excluding hydrogens is 214 g/mol. The molecule has 0 radical (unpaired) electrons. The molecule has 1 unspecified atom stereocenters. The second kappa shape index (κ2) is 6.17. The van der Waals surface area contributed by atoms with Gasteiger partial charge >= 0.3 is 0 Å². The Bertz CT molecular complexity index is 331. The fourth-order valence-electron chi connectivity index (χ4n) is 1.85. The fraction of sp³-hybridized carbons (Fsp3) is 0.769. The Hall–Kier alpha value is -0.870. The molecule has 4 heteroatoms. The summed E-state index contributed by atoms with van der Waals surface area (Å²) in [6, 6.07) is 0.462. The van der Waals surface area contributed by atoms with Crippen LogP contribution in [0.4, 0.5) is 0 Å². The number of rotatable bonds is 7. The van der Waals surface area contributed by atoms with E-state index in [1.165, 1.54) is 0 Å². The number of hydrogen-bond acceptors (Lipinski definition) is 3. The van der Waals surface area contributed by atoms with E-state index in [0.29, 0.717) is 12.5 Å². The zero-order chi connectivity index (χ0) is 12.9. The summed E-state index contributed by atoms with van der Waals surface area (Å²) < 4.78 is 2.07. The summed E-state index contributed by atoms with van der Waals surface area (Å²) in [6.45, 7) is 9.91. The van der Waals surface area contributed by atoms with E-state index in [0.717, 1.165) is 25.3 Å². The van der Waals surface area contributed by atoms with Crippen molar-refractivity contribution in [1.29, 1.82) is 0 Å². The van der Waals surface area contributed by atoms with E-state index < -0.39 is 5.60 Å². The molecule has 1 heterocycles. The minimum Gasteiger partial charge on any atom is -0.390 e. The first-order chi connectivity index (χ1) is 7.94. The molecule has 0 aliphatic heterocycles. The highest BCUT2D eigenvalue weighted by Gasteiger charge is 2.22. The van der Waals surface area contributed by atoms with E-state index in [1.54, 1.807) is 6.20 Å². The molecule has 0 aliphatic carbocycles. The summed E-state index contributed by atoms with van der Waals surface area (Å²) in [6.07, 6.45) is 5.09. The molecule has 0 spiro atoms. The molecule has 17 heavy (non-hydrogen) atoms. The molecule has 0 aromatic carbocycles. The van der Waals surface area contributed by atoms with E-state index in [4.69, 9.17) is 0 Å². The smallest absolute Gasteiger partial charge is 0.111 e. The van der Waals surface area contributed by atoms with Crippen LogP contribution in [0.15, 0.2) is 12.4 Å². The first-order valence-corrected chi connectivity index (χ1v) is 6.40. The lowest BCUT2D eigenvalue weighted by molar-refractivity contribution is 0.0483. The molecule has 2 N–H and O–H groups in total. The summed E-state index contributed by atoms with van der Waals surface area (Å²) in [7, 11) is 0. The minimum atomic E-state index is -0.694. The van der Waals surface area contributed by atoms with Crippen molar-refractivity contribution in [2.75, 3.05) is 6.54 Å². The summed E-state index contributed by atoms with van der Waals surface area (Å²) in [5, 5.41) is 13.6. The highest BCUT2D eigenvalue weighted by Crippen LogP contribution is 2.15. The third-order valence-electron chi connectivity index (χ3n) is 2.90. The largest absolute Gasteiger partial charge is 0.390 e. The zero-order valence-corrected chi connectivity index (χ0v) is 11.4. The van der Waals surface area contributed by atoms with E-state index >= 15 is 0 Å². The summed E-state index contributed by atoms with van der Waals surface area (Å²) >= 11 is 0. The van der Waals surface area contributed by atoms with Gasteiger partial charge in [0.2, 0.25) is 0 Å². The van der Waals surface area contributed by atoms with Crippen molar-refractivity contribution in [3.63, 3.8) is 0 Å². The van der Waals surface area contributed by atoms with Gasteiger partial charge in [0.15, 0.2) is 0 Å². The van der Waals surface area contributed by atoms with Crippen molar-refractivity contribution in [2.45, 2.75) is 58.7 Å². The molecule has 1 rings (SSSR count). The van der Waals surface area contributed by atoms with Gasteiger partial charge < -0.3 is 15.0 Å². The maximum Gasteiger partial charge on any atom is 0.111 e. The van der Waals surface area contributed by atoms with Crippen LogP contribution < -0.4 is 5.32 Å². The average Bonchev–Trinajstić information content (AvgIpc) is 2.63. The average molecular weight is 239 g/mol. The maximum atomic E-state index is 10.3. The summed E-state index contributed by atoms with van der Waals surface area (Å²) in [5.74, 6) is 0.960. The normalized spacial score (nSPS) is 15.2. The van der Waals surface area contributed by atoms with Gasteiger partial charge in [-0.2, -0.15) is 0 Å². The van der Waals surface area contributed by atoms with Crippen molar-refractivity contribution in [2.24, 2.45) is 0 Å². The molecule has 0 amide bonds. The van der Waals surface area contributed by atoms with Crippen LogP contribution >= 0.6 is 0 Å². The molecule has 0 saturated carbocycles. The number of aromatic nitrogens is 2. The van der Waals surface area contributed by atoms with Gasteiger partial charge in [-0.25, -0.2) is 4.98 Å². The Morgan fingerprint density at radius 2 is 2.24 bits per heavy atom. The lowest BCUT2D eigenvalue weighted by atomic mass is 9.97. The molecule has 0 fully saturated rings. The van der Waals surface area contributed by atoms with Crippen molar-refractivity contribution in [1.82, 2.24) is 14.9 Å². The third kappa shape index (κ3) is 4.88. The highest BCUT2D eigenvalue weighted by molar-refractivity contribution is 4.97. The number of hydrogen-bond donors (Lipinski definition) is 2. The highest BCUT2D eigenvalue weighted by atomic mass is 16.3. The first kappa shape index (κ1) is 14.2. The Kier molecular flexibility index (Phi) is 5.15. The van der Waals surface area contributed by atoms with Crippen LogP contribution in [-0.4, -0.2) is 32.8 Å². The number of aliphatic hydroxyl groups is 1. The predicted octanol–water partition coefficient (Wildman–Crippen LogP) is 1.58. The lowest BCUT2D eigenvalue weighted by Crippen LogP contribution is -2.35. The Labute approximate surface area is 104 Å². The van der Waals surface area contributed by atoms with E-state index in [9.17, 15) is 5.11 Å². The van der Waals surface area contributed by atoms with Gasteiger partial charge in [-0.05, 0) is 26.8 Å². The van der Waals surface area contributed by atoms with Crippen LogP contribution in [-0.2, 0) is 13.0 Å². The number of aryl methyl sites for hydroxylation is 1. The van der Waals surface area contributed by atoms with Gasteiger partial charge in [0.05, 0.1) is 5.60 Å². The minimum absolute atomic E-state index is 0.462.